The van der Waals surface area contributed by atoms with Gasteiger partial charge in [0.1, 0.15) is 0 Å². The van der Waals surface area contributed by atoms with Crippen LogP contribution in [-0.2, 0) is 4.79 Å². The third-order valence-electron chi connectivity index (χ3n) is 3.05. The largest absolute Gasteiger partial charge is 1.00 e. The molecule has 1 aliphatic heterocycles. The van der Waals surface area contributed by atoms with Gasteiger partial charge in [-0.2, -0.15) is 0 Å². The first-order chi connectivity index (χ1) is 8.18. The molecule has 0 spiro atoms. The van der Waals surface area contributed by atoms with E-state index >= 15 is 0 Å². The summed E-state index contributed by atoms with van der Waals surface area (Å²) in [6.45, 7) is 9.45. The maximum absolute atomic E-state index is 11.6. The van der Waals surface area contributed by atoms with Gasteiger partial charge in [0.2, 0.25) is 5.91 Å². The quantitative estimate of drug-likeness (QED) is 0.587. The Hall–Kier alpha value is 1.20. The Labute approximate surface area is 160 Å². The molecule has 1 aliphatic rings. The normalized spacial score (nSPS) is 16.4. The molecule has 0 aromatic heterocycles. The fraction of sp³-hybridized carbons (Fsp3) is 0.923. The first kappa shape index (κ1) is 19.2. The molecule has 0 atom stereocenters. The second-order valence-corrected chi connectivity index (χ2v) is 5.19. The zero-order chi connectivity index (χ0) is 12.5. The predicted octanol–water partition coefficient (Wildman–Crippen LogP) is -1.38. The molecule has 0 aromatic rings. The molecule has 1 saturated heterocycles. The Morgan fingerprint density at radius 2 is 1.94 bits per heavy atom. The van der Waals surface area contributed by atoms with Crippen molar-refractivity contribution in [3.05, 3.63) is 5.32 Å². The first-order valence-electron chi connectivity index (χ1n) is 6.81. The minimum atomic E-state index is 0. The van der Waals surface area contributed by atoms with Crippen molar-refractivity contribution in [2.75, 3.05) is 39.3 Å². The molecule has 0 bridgehead atoms. The van der Waals surface area contributed by atoms with Crippen LogP contribution in [0.2, 0.25) is 0 Å². The molecule has 100 valence electrons. The topological polar surface area (TPSA) is 46.4 Å². The van der Waals surface area contributed by atoms with Crippen LogP contribution < -0.4 is 63.5 Å². The van der Waals surface area contributed by atoms with Crippen molar-refractivity contribution in [3.63, 3.8) is 0 Å². The molecule has 5 heteroatoms. The van der Waals surface area contributed by atoms with Crippen LogP contribution >= 0.6 is 0 Å². The molecule has 0 aromatic carbocycles. The summed E-state index contributed by atoms with van der Waals surface area (Å²) in [5, 5.41) is 7.26. The van der Waals surface area contributed by atoms with E-state index in [0.29, 0.717) is 6.54 Å². The van der Waals surface area contributed by atoms with Gasteiger partial charge in [0.25, 0.3) is 0 Å². The average Bonchev–Trinajstić information content (AvgIpc) is 2.29. The number of unbranched alkanes of at least 4 members (excludes halogenated alkanes) is 1. The molecular formula is C13H26N3ORb. The molecule has 1 heterocycles. The molecule has 1 fully saturated rings. The molecule has 0 radical (unpaired) electrons. The number of hydrogen-bond donors (Lipinski definition) is 1. The van der Waals surface area contributed by atoms with Crippen LogP contribution in [0.25, 0.3) is 5.32 Å². The molecule has 0 aliphatic carbocycles. The van der Waals surface area contributed by atoms with Crippen LogP contribution in [0.4, 0.5) is 0 Å². The van der Waals surface area contributed by atoms with Gasteiger partial charge >= 0.3 is 58.2 Å². The summed E-state index contributed by atoms with van der Waals surface area (Å²) in [5.41, 5.74) is 0. The van der Waals surface area contributed by atoms with Crippen LogP contribution in [-0.4, -0.2) is 50.1 Å². The van der Waals surface area contributed by atoms with Crippen molar-refractivity contribution in [2.45, 2.75) is 33.1 Å². The summed E-state index contributed by atoms with van der Waals surface area (Å²) in [7, 11) is 0. The molecule has 1 N–H and O–H groups in total. The monoisotopic (exact) mass is 325 g/mol. The van der Waals surface area contributed by atoms with Crippen molar-refractivity contribution < 1.29 is 63.0 Å². The fourth-order valence-corrected chi connectivity index (χ4v) is 1.97. The van der Waals surface area contributed by atoms with E-state index in [-0.39, 0.29) is 64.1 Å². The van der Waals surface area contributed by atoms with E-state index in [9.17, 15) is 4.79 Å². The summed E-state index contributed by atoms with van der Waals surface area (Å²) in [5.74, 6) is 0.930. The van der Waals surface area contributed by atoms with Crippen LogP contribution in [0, 0.1) is 5.92 Å². The molecule has 1 amide bonds. The van der Waals surface area contributed by atoms with Gasteiger partial charge in [0.15, 0.2) is 0 Å². The number of carbonyl (C=O) groups is 1. The smallest absolute Gasteiger partial charge is 0.660 e. The second kappa shape index (κ2) is 12.0. The van der Waals surface area contributed by atoms with Gasteiger partial charge in [-0.3, -0.25) is 9.69 Å². The maximum Gasteiger partial charge on any atom is 1.00 e. The van der Waals surface area contributed by atoms with Crippen LogP contribution in [0.5, 0.6) is 0 Å². The van der Waals surface area contributed by atoms with Crippen molar-refractivity contribution in [3.8, 4) is 0 Å². The Bertz CT molecular complexity index is 218. The number of hydrogen-bond acceptors (Lipinski definition) is 2. The predicted molar refractivity (Wildman–Crippen MR) is 71.2 cm³/mol. The number of carbonyl (C=O) groups excluding carboxylic acids is 1. The molecule has 4 nitrogen and oxygen atoms in total. The van der Waals surface area contributed by atoms with Gasteiger partial charge in [0, 0.05) is 6.54 Å². The third kappa shape index (κ3) is 10.0. The van der Waals surface area contributed by atoms with Gasteiger partial charge in [-0.15, -0.1) is 13.1 Å². The van der Waals surface area contributed by atoms with E-state index in [1.165, 1.54) is 12.8 Å². The molecule has 0 saturated carbocycles. The fourth-order valence-electron chi connectivity index (χ4n) is 1.97. The van der Waals surface area contributed by atoms with Crippen LogP contribution in [0.3, 0.4) is 0 Å². The van der Waals surface area contributed by atoms with Gasteiger partial charge in [-0.25, -0.2) is 0 Å². The molecule has 18 heavy (non-hydrogen) atoms. The number of amides is 1. The van der Waals surface area contributed by atoms with E-state index in [2.05, 4.69) is 29.4 Å². The standard InChI is InChI=1S/C13H26N3O.Rb/c1-12(2)5-3-4-6-15-13(17)11-16-9-7-14-8-10-16;/h12H,3-11H2,1-2H3,(H,15,17);/q-1;+1. The summed E-state index contributed by atoms with van der Waals surface area (Å²) in [4.78, 5) is 13.8. The Morgan fingerprint density at radius 1 is 1.28 bits per heavy atom. The van der Waals surface area contributed by atoms with Crippen molar-refractivity contribution >= 4 is 5.91 Å². The Kier molecular flexibility index (Phi) is 12.8. The summed E-state index contributed by atoms with van der Waals surface area (Å²) < 4.78 is 0. The van der Waals surface area contributed by atoms with Crippen LogP contribution in [0.1, 0.15) is 33.1 Å². The first-order valence-corrected chi connectivity index (χ1v) is 6.81. The maximum atomic E-state index is 11.6. The van der Waals surface area contributed by atoms with Gasteiger partial charge in [0.05, 0.1) is 6.54 Å². The second-order valence-electron chi connectivity index (χ2n) is 5.19. The van der Waals surface area contributed by atoms with Gasteiger partial charge in [-0.1, -0.05) is 26.7 Å². The zero-order valence-corrected chi connectivity index (χ0v) is 17.2. The molecule has 0 unspecified atom stereocenters. The number of nitrogens with zero attached hydrogens (tertiary/aromatic N) is 2. The van der Waals surface area contributed by atoms with Crippen molar-refractivity contribution in [1.29, 1.82) is 0 Å². The minimum Gasteiger partial charge on any atom is -0.660 e. The third-order valence-corrected chi connectivity index (χ3v) is 3.05. The molecule has 1 rings (SSSR count). The summed E-state index contributed by atoms with van der Waals surface area (Å²) in [6, 6.07) is 0. The number of nitrogens with one attached hydrogen (secondary N) is 1. The van der Waals surface area contributed by atoms with Crippen molar-refractivity contribution in [1.82, 2.24) is 10.2 Å². The minimum absolute atomic E-state index is 0. The van der Waals surface area contributed by atoms with E-state index in [4.69, 9.17) is 0 Å². The summed E-state index contributed by atoms with van der Waals surface area (Å²) in [6.07, 6.45) is 3.56. The van der Waals surface area contributed by atoms with E-state index in [1.54, 1.807) is 0 Å². The Morgan fingerprint density at radius 3 is 2.56 bits per heavy atom. The van der Waals surface area contributed by atoms with Crippen LogP contribution in [0.15, 0.2) is 0 Å². The number of piperazine rings is 1. The SMILES string of the molecule is CC(C)CCCCNC(=O)CN1CC[N-]CC1.[Rb+]. The molecular weight excluding hydrogens is 300 g/mol. The summed E-state index contributed by atoms with van der Waals surface area (Å²) >= 11 is 0. The van der Waals surface area contributed by atoms with E-state index < -0.39 is 0 Å². The van der Waals surface area contributed by atoms with Crippen molar-refractivity contribution in [2.24, 2.45) is 5.92 Å². The average molecular weight is 326 g/mol. The van der Waals surface area contributed by atoms with Gasteiger partial charge < -0.3 is 10.6 Å². The van der Waals surface area contributed by atoms with Gasteiger partial charge in [-0.05, 0) is 25.4 Å². The number of rotatable bonds is 7. The zero-order valence-electron chi connectivity index (χ0n) is 12.2. The Balaban J connectivity index is 0.00000289. The van der Waals surface area contributed by atoms with E-state index in [0.717, 1.165) is 45.1 Å². The van der Waals surface area contributed by atoms with E-state index in [1.807, 2.05) is 0 Å².